The van der Waals surface area contributed by atoms with Gasteiger partial charge in [-0.2, -0.15) is 0 Å². The Hall–Kier alpha value is -2.41. The third-order valence-electron chi connectivity index (χ3n) is 3.26. The summed E-state index contributed by atoms with van der Waals surface area (Å²) in [6, 6.07) is 12.3. The van der Waals surface area contributed by atoms with E-state index in [0.717, 1.165) is 22.3 Å². The SMILES string of the molecule is C=C(C)/C(=C/C(=C)c1ccncc1)c1ccccc1C. The number of aryl methyl sites for hydroxylation is 1. The largest absolute Gasteiger partial charge is 0.265 e. The molecule has 0 fully saturated rings. The molecule has 0 radical (unpaired) electrons. The lowest BCUT2D eigenvalue weighted by Gasteiger charge is -2.12. The highest BCUT2D eigenvalue weighted by Gasteiger charge is 2.06. The number of allylic oxidation sites excluding steroid dienone is 4. The van der Waals surface area contributed by atoms with Crippen molar-refractivity contribution in [3.8, 4) is 0 Å². The minimum atomic E-state index is 0.966. The molecule has 20 heavy (non-hydrogen) atoms. The molecular weight excluding hydrogens is 242 g/mol. The van der Waals surface area contributed by atoms with Crippen molar-refractivity contribution >= 4 is 11.1 Å². The maximum absolute atomic E-state index is 4.16. The van der Waals surface area contributed by atoms with Crippen molar-refractivity contribution in [3.05, 3.63) is 90.3 Å². The van der Waals surface area contributed by atoms with Crippen LogP contribution in [-0.2, 0) is 0 Å². The Morgan fingerprint density at radius 2 is 1.70 bits per heavy atom. The average Bonchev–Trinajstić information content (AvgIpc) is 2.46. The normalized spacial score (nSPS) is 11.2. The van der Waals surface area contributed by atoms with E-state index in [1.165, 1.54) is 11.1 Å². The van der Waals surface area contributed by atoms with Gasteiger partial charge in [-0.15, -0.1) is 0 Å². The molecule has 0 saturated heterocycles. The molecule has 0 atom stereocenters. The van der Waals surface area contributed by atoms with Gasteiger partial charge in [0.25, 0.3) is 0 Å². The van der Waals surface area contributed by atoms with Crippen LogP contribution in [0.5, 0.6) is 0 Å². The molecule has 1 nitrogen and oxygen atoms in total. The first-order chi connectivity index (χ1) is 9.59. The van der Waals surface area contributed by atoms with Gasteiger partial charge in [0.05, 0.1) is 0 Å². The van der Waals surface area contributed by atoms with Gasteiger partial charge in [-0.3, -0.25) is 4.98 Å². The molecule has 0 spiro atoms. The van der Waals surface area contributed by atoms with E-state index in [9.17, 15) is 0 Å². The summed E-state index contributed by atoms with van der Waals surface area (Å²) in [7, 11) is 0. The summed E-state index contributed by atoms with van der Waals surface area (Å²) in [4.78, 5) is 4.03. The molecule has 0 unspecified atom stereocenters. The van der Waals surface area contributed by atoms with Crippen LogP contribution >= 0.6 is 0 Å². The third kappa shape index (κ3) is 3.12. The van der Waals surface area contributed by atoms with Crippen molar-refractivity contribution in [3.63, 3.8) is 0 Å². The number of nitrogens with zero attached hydrogens (tertiary/aromatic N) is 1. The van der Waals surface area contributed by atoms with Crippen LogP contribution in [0.3, 0.4) is 0 Å². The molecule has 1 heteroatoms. The van der Waals surface area contributed by atoms with Crippen molar-refractivity contribution in [2.75, 3.05) is 0 Å². The molecule has 0 aliphatic rings. The van der Waals surface area contributed by atoms with E-state index < -0.39 is 0 Å². The van der Waals surface area contributed by atoms with Crippen molar-refractivity contribution in [1.29, 1.82) is 0 Å². The highest BCUT2D eigenvalue weighted by molar-refractivity contribution is 5.89. The maximum atomic E-state index is 4.16. The lowest BCUT2D eigenvalue weighted by atomic mass is 9.93. The van der Waals surface area contributed by atoms with E-state index in [2.05, 4.69) is 43.3 Å². The molecule has 0 bridgehead atoms. The van der Waals surface area contributed by atoms with E-state index in [0.29, 0.717) is 0 Å². The molecule has 0 aliphatic heterocycles. The van der Waals surface area contributed by atoms with Gasteiger partial charge >= 0.3 is 0 Å². The fraction of sp³-hybridized carbons (Fsp3) is 0.105. The van der Waals surface area contributed by atoms with Crippen LogP contribution in [-0.4, -0.2) is 4.98 Å². The van der Waals surface area contributed by atoms with E-state index in [1.807, 2.05) is 31.2 Å². The van der Waals surface area contributed by atoms with Crippen molar-refractivity contribution in [2.45, 2.75) is 13.8 Å². The van der Waals surface area contributed by atoms with Crippen molar-refractivity contribution < 1.29 is 0 Å². The molecule has 0 saturated carbocycles. The van der Waals surface area contributed by atoms with Crippen LogP contribution < -0.4 is 0 Å². The van der Waals surface area contributed by atoms with Crippen LogP contribution in [0.1, 0.15) is 23.6 Å². The van der Waals surface area contributed by atoms with Crippen LogP contribution in [0.15, 0.2) is 73.6 Å². The molecule has 1 aromatic heterocycles. The minimum absolute atomic E-state index is 0.966. The second-order valence-corrected chi connectivity index (χ2v) is 4.91. The summed E-state index contributed by atoms with van der Waals surface area (Å²) in [5.74, 6) is 0. The zero-order valence-corrected chi connectivity index (χ0v) is 12.1. The van der Waals surface area contributed by atoms with Gasteiger partial charge in [-0.05, 0) is 59.9 Å². The first-order valence-electron chi connectivity index (χ1n) is 6.62. The zero-order valence-electron chi connectivity index (χ0n) is 12.1. The second kappa shape index (κ2) is 6.16. The summed E-state index contributed by atoms with van der Waals surface area (Å²) in [5, 5.41) is 0. The van der Waals surface area contributed by atoms with Gasteiger partial charge < -0.3 is 0 Å². The van der Waals surface area contributed by atoms with Gasteiger partial charge in [-0.25, -0.2) is 0 Å². The number of hydrogen-bond acceptors (Lipinski definition) is 1. The van der Waals surface area contributed by atoms with E-state index >= 15 is 0 Å². The van der Waals surface area contributed by atoms with E-state index in [4.69, 9.17) is 0 Å². The molecule has 2 aromatic rings. The third-order valence-corrected chi connectivity index (χ3v) is 3.26. The van der Waals surface area contributed by atoms with Gasteiger partial charge in [0.2, 0.25) is 0 Å². The number of benzene rings is 1. The Balaban J connectivity index is 2.45. The smallest absolute Gasteiger partial charge is 0.0273 e. The number of hydrogen-bond donors (Lipinski definition) is 0. The lowest BCUT2D eigenvalue weighted by Crippen LogP contribution is -1.91. The Kier molecular flexibility index (Phi) is 4.31. The molecule has 0 aliphatic carbocycles. The lowest BCUT2D eigenvalue weighted by molar-refractivity contribution is 1.32. The molecule has 0 amide bonds. The average molecular weight is 261 g/mol. The van der Waals surface area contributed by atoms with Crippen LogP contribution in [0, 0.1) is 6.92 Å². The quantitative estimate of drug-likeness (QED) is 0.701. The first kappa shape index (κ1) is 14.0. The highest BCUT2D eigenvalue weighted by Crippen LogP contribution is 2.28. The number of aromatic nitrogens is 1. The van der Waals surface area contributed by atoms with Crippen LogP contribution in [0.25, 0.3) is 11.1 Å². The summed E-state index contributed by atoms with van der Waals surface area (Å²) in [5.41, 5.74) is 6.65. The van der Waals surface area contributed by atoms with E-state index in [-0.39, 0.29) is 0 Å². The van der Waals surface area contributed by atoms with Gasteiger partial charge in [0, 0.05) is 12.4 Å². The van der Waals surface area contributed by atoms with Crippen LogP contribution in [0.2, 0.25) is 0 Å². The topological polar surface area (TPSA) is 12.9 Å². The molecule has 100 valence electrons. The highest BCUT2D eigenvalue weighted by atomic mass is 14.6. The van der Waals surface area contributed by atoms with Crippen molar-refractivity contribution in [1.82, 2.24) is 4.98 Å². The Labute approximate surface area is 121 Å². The summed E-state index contributed by atoms with van der Waals surface area (Å²) in [6.07, 6.45) is 5.66. The predicted octanol–water partition coefficient (Wildman–Crippen LogP) is 5.06. The fourth-order valence-corrected chi connectivity index (χ4v) is 2.13. The summed E-state index contributed by atoms with van der Waals surface area (Å²) in [6.45, 7) is 12.4. The Bertz CT molecular complexity index is 663. The molecule has 1 aromatic carbocycles. The number of rotatable bonds is 4. The monoisotopic (exact) mass is 261 g/mol. The Morgan fingerprint density at radius 1 is 1.05 bits per heavy atom. The maximum Gasteiger partial charge on any atom is 0.0273 e. The van der Waals surface area contributed by atoms with E-state index in [1.54, 1.807) is 12.4 Å². The molecule has 2 rings (SSSR count). The standard InChI is InChI=1S/C19H19N/c1-14(2)19(18-8-6-5-7-15(18)3)13-16(4)17-9-11-20-12-10-17/h5-13H,1,4H2,2-3H3/b19-13-. The Morgan fingerprint density at radius 3 is 2.30 bits per heavy atom. The molecular formula is C19H19N. The summed E-state index contributed by atoms with van der Waals surface area (Å²) >= 11 is 0. The van der Waals surface area contributed by atoms with Gasteiger partial charge in [0.15, 0.2) is 0 Å². The molecule has 0 N–H and O–H groups in total. The fourth-order valence-electron chi connectivity index (χ4n) is 2.13. The van der Waals surface area contributed by atoms with Gasteiger partial charge in [0.1, 0.15) is 0 Å². The van der Waals surface area contributed by atoms with Gasteiger partial charge in [-0.1, -0.05) is 43.0 Å². The second-order valence-electron chi connectivity index (χ2n) is 4.91. The molecule has 1 heterocycles. The predicted molar refractivity (Wildman–Crippen MR) is 87.2 cm³/mol. The number of pyridine rings is 1. The first-order valence-corrected chi connectivity index (χ1v) is 6.62. The summed E-state index contributed by atoms with van der Waals surface area (Å²) < 4.78 is 0. The zero-order chi connectivity index (χ0) is 14.5. The minimum Gasteiger partial charge on any atom is -0.265 e. The van der Waals surface area contributed by atoms with Crippen LogP contribution in [0.4, 0.5) is 0 Å². The van der Waals surface area contributed by atoms with Crippen molar-refractivity contribution in [2.24, 2.45) is 0 Å².